The van der Waals surface area contributed by atoms with E-state index in [0.29, 0.717) is 6.54 Å². The molecule has 0 spiro atoms. The molecule has 0 radical (unpaired) electrons. The van der Waals surface area contributed by atoms with Crippen LogP contribution in [0, 0.1) is 5.82 Å². The van der Waals surface area contributed by atoms with Crippen LogP contribution in [0.25, 0.3) is 0 Å². The molecule has 5 heteroatoms. The average molecular weight is 260 g/mol. The van der Waals surface area contributed by atoms with E-state index in [-0.39, 0.29) is 11.9 Å². The van der Waals surface area contributed by atoms with E-state index in [9.17, 15) is 4.39 Å². The van der Waals surface area contributed by atoms with Gasteiger partial charge >= 0.3 is 0 Å². The maximum Gasteiger partial charge on any atom is 0.146 e. The van der Waals surface area contributed by atoms with Crippen molar-refractivity contribution >= 4 is 0 Å². The van der Waals surface area contributed by atoms with E-state index >= 15 is 0 Å². The number of hydrogen-bond donors (Lipinski definition) is 1. The van der Waals surface area contributed by atoms with Gasteiger partial charge < -0.3 is 9.88 Å². The molecule has 1 N–H and O–H groups in total. The van der Waals surface area contributed by atoms with Gasteiger partial charge in [-0.3, -0.25) is 0 Å². The van der Waals surface area contributed by atoms with Gasteiger partial charge in [0, 0.05) is 12.6 Å². The molecule has 0 saturated heterocycles. The Morgan fingerprint density at radius 1 is 1.47 bits per heavy atom. The van der Waals surface area contributed by atoms with Gasteiger partial charge in [-0.25, -0.2) is 4.39 Å². The summed E-state index contributed by atoms with van der Waals surface area (Å²) >= 11 is 0. The van der Waals surface area contributed by atoms with E-state index in [1.54, 1.807) is 12.4 Å². The molecule has 1 unspecified atom stereocenters. The van der Waals surface area contributed by atoms with Gasteiger partial charge in [-0.05, 0) is 37.0 Å². The summed E-state index contributed by atoms with van der Waals surface area (Å²) in [6, 6.07) is 5.54. The summed E-state index contributed by atoms with van der Waals surface area (Å²) in [6.07, 6.45) is 3.48. The lowest BCUT2D eigenvalue weighted by molar-refractivity contribution is 0.506. The first-order valence-corrected chi connectivity index (χ1v) is 6.67. The number of fused-ring (bicyclic) bond motifs is 1. The van der Waals surface area contributed by atoms with Crippen LogP contribution in [0.15, 0.2) is 24.5 Å². The Bertz CT molecular complexity index is 579. The first kappa shape index (κ1) is 12.3. The summed E-state index contributed by atoms with van der Waals surface area (Å²) < 4.78 is 15.7. The number of benzene rings is 1. The number of hydrogen-bond acceptors (Lipinski definition) is 3. The van der Waals surface area contributed by atoms with Crippen molar-refractivity contribution in [2.24, 2.45) is 0 Å². The molecule has 1 aromatic heterocycles. The summed E-state index contributed by atoms with van der Waals surface area (Å²) in [6.45, 7) is 3.58. The lowest BCUT2D eigenvalue weighted by atomic mass is 10.1. The third-order valence-electron chi connectivity index (χ3n) is 3.76. The molecule has 4 nitrogen and oxygen atoms in total. The molecule has 1 aliphatic rings. The summed E-state index contributed by atoms with van der Waals surface area (Å²) in [7, 11) is 0. The number of nitrogens with zero attached hydrogens (tertiary/aromatic N) is 3. The van der Waals surface area contributed by atoms with Crippen LogP contribution in [-0.2, 0) is 19.5 Å². The van der Waals surface area contributed by atoms with Gasteiger partial charge in [0.1, 0.15) is 18.0 Å². The molecular formula is C14H17FN4. The van der Waals surface area contributed by atoms with E-state index in [4.69, 9.17) is 0 Å². The van der Waals surface area contributed by atoms with Gasteiger partial charge in [-0.1, -0.05) is 12.1 Å². The maximum absolute atomic E-state index is 13.6. The first-order chi connectivity index (χ1) is 9.29. The van der Waals surface area contributed by atoms with Crippen LogP contribution in [0.1, 0.15) is 36.3 Å². The smallest absolute Gasteiger partial charge is 0.146 e. The van der Waals surface area contributed by atoms with Gasteiger partial charge in [-0.15, -0.1) is 10.2 Å². The van der Waals surface area contributed by atoms with Gasteiger partial charge in [0.05, 0.1) is 6.54 Å². The van der Waals surface area contributed by atoms with Crippen LogP contribution >= 0.6 is 0 Å². The van der Waals surface area contributed by atoms with Crippen LogP contribution in [0.3, 0.4) is 0 Å². The molecule has 0 amide bonds. The van der Waals surface area contributed by atoms with Crippen molar-refractivity contribution < 1.29 is 4.39 Å². The molecule has 1 atom stereocenters. The highest BCUT2D eigenvalue weighted by Gasteiger charge is 2.24. The fourth-order valence-electron chi connectivity index (χ4n) is 2.72. The second-order valence-electron chi connectivity index (χ2n) is 4.81. The van der Waals surface area contributed by atoms with Gasteiger partial charge in [-0.2, -0.15) is 0 Å². The predicted octanol–water partition coefficient (Wildman–Crippen LogP) is 2.21. The van der Waals surface area contributed by atoms with Crippen molar-refractivity contribution in [1.82, 2.24) is 20.1 Å². The van der Waals surface area contributed by atoms with Crippen LogP contribution in [0.5, 0.6) is 0 Å². The summed E-state index contributed by atoms with van der Waals surface area (Å²) in [5.74, 6) is 0.839. The van der Waals surface area contributed by atoms with E-state index in [1.165, 1.54) is 6.07 Å². The van der Waals surface area contributed by atoms with Crippen molar-refractivity contribution in [3.63, 3.8) is 0 Å². The number of halogens is 1. The summed E-state index contributed by atoms with van der Waals surface area (Å²) in [5, 5.41) is 11.5. The molecule has 0 bridgehead atoms. The van der Waals surface area contributed by atoms with E-state index in [2.05, 4.69) is 22.4 Å². The molecule has 2 aromatic rings. The van der Waals surface area contributed by atoms with Crippen LogP contribution in [0.2, 0.25) is 0 Å². The van der Waals surface area contributed by atoms with Crippen LogP contribution in [0.4, 0.5) is 4.39 Å². The van der Waals surface area contributed by atoms with Crippen molar-refractivity contribution in [3.05, 3.63) is 47.3 Å². The molecule has 1 aromatic carbocycles. The largest absolute Gasteiger partial charge is 0.317 e. The fourth-order valence-corrected chi connectivity index (χ4v) is 2.72. The third kappa shape index (κ3) is 2.26. The third-order valence-corrected chi connectivity index (χ3v) is 3.76. The summed E-state index contributed by atoms with van der Waals surface area (Å²) in [4.78, 5) is 0. The van der Waals surface area contributed by atoms with Gasteiger partial charge in [0.15, 0.2) is 0 Å². The highest BCUT2D eigenvalue weighted by atomic mass is 19.1. The van der Waals surface area contributed by atoms with Crippen molar-refractivity contribution in [2.45, 2.75) is 38.9 Å². The fraction of sp³-hybridized carbons (Fsp3) is 0.429. The minimum Gasteiger partial charge on any atom is -0.317 e. The minimum absolute atomic E-state index is 0.0847. The Kier molecular flexibility index (Phi) is 3.29. The molecule has 0 aliphatic heterocycles. The van der Waals surface area contributed by atoms with E-state index in [1.807, 2.05) is 10.6 Å². The SMILES string of the molecule is CCn1cnnc1CNC1CCc2c(F)cccc21. The maximum atomic E-state index is 13.6. The molecule has 0 saturated carbocycles. The normalized spacial score (nSPS) is 17.7. The minimum atomic E-state index is -0.0847. The molecular weight excluding hydrogens is 243 g/mol. The molecule has 0 fully saturated rings. The number of nitrogens with one attached hydrogen (secondary N) is 1. The molecule has 1 aliphatic carbocycles. The van der Waals surface area contributed by atoms with Crippen molar-refractivity contribution in [3.8, 4) is 0 Å². The zero-order valence-electron chi connectivity index (χ0n) is 10.9. The topological polar surface area (TPSA) is 42.7 Å². The summed E-state index contributed by atoms with van der Waals surface area (Å²) in [5.41, 5.74) is 1.94. The highest BCUT2D eigenvalue weighted by Crippen LogP contribution is 2.32. The van der Waals surface area contributed by atoms with Crippen LogP contribution in [-0.4, -0.2) is 14.8 Å². The predicted molar refractivity (Wildman–Crippen MR) is 70.0 cm³/mol. The van der Waals surface area contributed by atoms with E-state index < -0.39 is 0 Å². The Morgan fingerprint density at radius 3 is 3.21 bits per heavy atom. The highest BCUT2D eigenvalue weighted by molar-refractivity contribution is 5.35. The Labute approximate surface area is 111 Å². The van der Waals surface area contributed by atoms with Crippen molar-refractivity contribution in [2.75, 3.05) is 0 Å². The Balaban J connectivity index is 1.72. The molecule has 3 rings (SSSR count). The van der Waals surface area contributed by atoms with Crippen molar-refractivity contribution in [1.29, 1.82) is 0 Å². The second kappa shape index (κ2) is 5.09. The Morgan fingerprint density at radius 2 is 2.37 bits per heavy atom. The zero-order chi connectivity index (χ0) is 13.2. The molecule has 19 heavy (non-hydrogen) atoms. The lowest BCUT2D eigenvalue weighted by Crippen LogP contribution is -2.21. The van der Waals surface area contributed by atoms with E-state index in [0.717, 1.165) is 36.3 Å². The van der Waals surface area contributed by atoms with Crippen LogP contribution < -0.4 is 5.32 Å². The second-order valence-corrected chi connectivity index (χ2v) is 4.81. The monoisotopic (exact) mass is 260 g/mol. The number of aryl methyl sites for hydroxylation is 1. The number of rotatable bonds is 4. The standard InChI is InChI=1S/C14H17FN4/c1-2-19-9-17-18-14(19)8-16-13-7-6-10-11(13)4-3-5-12(10)15/h3-5,9,13,16H,2,6-8H2,1H3. The zero-order valence-corrected chi connectivity index (χ0v) is 10.9. The quantitative estimate of drug-likeness (QED) is 0.916. The first-order valence-electron chi connectivity index (χ1n) is 6.67. The van der Waals surface area contributed by atoms with Gasteiger partial charge in [0.2, 0.25) is 0 Å². The Hall–Kier alpha value is -1.75. The lowest BCUT2D eigenvalue weighted by Gasteiger charge is -2.14. The molecule has 1 heterocycles. The molecule has 100 valence electrons. The van der Waals surface area contributed by atoms with Gasteiger partial charge in [0.25, 0.3) is 0 Å². The number of aromatic nitrogens is 3. The average Bonchev–Trinajstić information content (AvgIpc) is 3.03.